The zero-order valence-corrected chi connectivity index (χ0v) is 14.8. The molecule has 0 atom stereocenters. The van der Waals surface area contributed by atoms with Gasteiger partial charge in [0.2, 0.25) is 0 Å². The number of aliphatic imine (C=N–C) groups is 1. The number of hydrogen-bond donors (Lipinski definition) is 2. The summed E-state index contributed by atoms with van der Waals surface area (Å²) < 4.78 is 0. The first-order chi connectivity index (χ1) is 11.7. The average molecular weight is 325 g/mol. The summed E-state index contributed by atoms with van der Waals surface area (Å²) in [5, 5.41) is 6.65. The van der Waals surface area contributed by atoms with Gasteiger partial charge in [0.15, 0.2) is 5.96 Å². The van der Waals surface area contributed by atoms with Crippen LogP contribution in [0, 0.1) is 0 Å². The van der Waals surface area contributed by atoms with Crippen molar-refractivity contribution in [3.05, 3.63) is 59.8 Å². The number of pyridine rings is 1. The minimum absolute atomic E-state index is 0.558. The Morgan fingerprint density at radius 2 is 1.83 bits per heavy atom. The van der Waals surface area contributed by atoms with Gasteiger partial charge < -0.3 is 15.5 Å². The van der Waals surface area contributed by atoms with Crippen LogP contribution in [0.3, 0.4) is 0 Å². The Hall–Kier alpha value is -2.56. The molecule has 2 N–H and O–H groups in total. The molecule has 0 radical (unpaired) electrons. The molecule has 0 amide bonds. The Bertz CT molecular complexity index is 637. The van der Waals surface area contributed by atoms with E-state index >= 15 is 0 Å². The van der Waals surface area contributed by atoms with E-state index in [0.29, 0.717) is 6.54 Å². The second kappa shape index (κ2) is 9.55. The van der Waals surface area contributed by atoms with Crippen LogP contribution in [0.5, 0.6) is 0 Å². The van der Waals surface area contributed by atoms with E-state index in [1.807, 2.05) is 43.3 Å². The molecule has 1 aromatic heterocycles. The highest BCUT2D eigenvalue weighted by Crippen LogP contribution is 2.08. The summed E-state index contributed by atoms with van der Waals surface area (Å²) in [6.07, 6.45) is 0.972. The van der Waals surface area contributed by atoms with Crippen molar-refractivity contribution in [1.82, 2.24) is 15.6 Å². The highest BCUT2D eigenvalue weighted by Gasteiger charge is 2.01. The second-order valence-corrected chi connectivity index (χ2v) is 5.74. The normalized spacial score (nSPS) is 11.2. The molecule has 0 saturated carbocycles. The summed E-state index contributed by atoms with van der Waals surface area (Å²) in [7, 11) is 3.98. The van der Waals surface area contributed by atoms with E-state index in [4.69, 9.17) is 0 Å². The summed E-state index contributed by atoms with van der Waals surface area (Å²) in [6.45, 7) is 4.31. The summed E-state index contributed by atoms with van der Waals surface area (Å²) in [5.41, 5.74) is 2.28. The molecule has 0 fully saturated rings. The Balaban J connectivity index is 1.91. The van der Waals surface area contributed by atoms with Gasteiger partial charge in [0, 0.05) is 27.2 Å². The van der Waals surface area contributed by atoms with Crippen molar-refractivity contribution in [3.8, 4) is 0 Å². The molecule has 2 rings (SSSR count). The lowest BCUT2D eigenvalue weighted by molar-refractivity contribution is 0.796. The van der Waals surface area contributed by atoms with Crippen molar-refractivity contribution in [2.75, 3.05) is 32.1 Å². The Labute approximate surface area is 144 Å². The quantitative estimate of drug-likeness (QED) is 0.606. The molecule has 24 heavy (non-hydrogen) atoms. The lowest BCUT2D eigenvalue weighted by Gasteiger charge is -2.13. The predicted molar refractivity (Wildman–Crippen MR) is 102 cm³/mol. The predicted octanol–water partition coefficient (Wildman–Crippen LogP) is 2.45. The van der Waals surface area contributed by atoms with Crippen LogP contribution in [-0.4, -0.2) is 38.1 Å². The summed E-state index contributed by atoms with van der Waals surface area (Å²) in [6, 6.07) is 16.5. The van der Waals surface area contributed by atoms with E-state index in [1.54, 1.807) is 0 Å². The molecule has 0 bridgehead atoms. The minimum atomic E-state index is 0.558. The number of aromatic nitrogens is 1. The van der Waals surface area contributed by atoms with Crippen molar-refractivity contribution in [1.29, 1.82) is 0 Å². The van der Waals surface area contributed by atoms with E-state index in [-0.39, 0.29) is 0 Å². The molecule has 0 aliphatic carbocycles. The fraction of sp³-hybridized carbons (Fsp3) is 0.368. The maximum atomic E-state index is 4.63. The molecule has 1 aromatic carbocycles. The number of benzene rings is 1. The molecule has 0 unspecified atom stereocenters. The molecular weight excluding hydrogens is 298 g/mol. The molecule has 5 heteroatoms. The van der Waals surface area contributed by atoms with E-state index < -0.39 is 0 Å². The number of hydrogen-bond acceptors (Lipinski definition) is 3. The van der Waals surface area contributed by atoms with E-state index in [2.05, 4.69) is 51.8 Å². The van der Waals surface area contributed by atoms with Gasteiger partial charge in [-0.3, -0.25) is 0 Å². The second-order valence-electron chi connectivity index (χ2n) is 5.74. The average Bonchev–Trinajstić information content (AvgIpc) is 2.61. The van der Waals surface area contributed by atoms with Crippen LogP contribution in [0.4, 0.5) is 5.82 Å². The highest BCUT2D eigenvalue weighted by molar-refractivity contribution is 5.79. The van der Waals surface area contributed by atoms with Crippen molar-refractivity contribution in [2.45, 2.75) is 19.9 Å². The van der Waals surface area contributed by atoms with Crippen LogP contribution in [-0.2, 0) is 13.0 Å². The van der Waals surface area contributed by atoms with Gasteiger partial charge in [0.25, 0.3) is 0 Å². The van der Waals surface area contributed by atoms with Crippen LogP contribution in [0.15, 0.2) is 53.5 Å². The molecule has 0 aliphatic heterocycles. The zero-order valence-electron chi connectivity index (χ0n) is 14.8. The SMILES string of the molecule is CCNC(=NCc1cccc(N(C)C)n1)NCCc1ccccc1. The third-order valence-electron chi connectivity index (χ3n) is 3.54. The third kappa shape index (κ3) is 5.91. The fourth-order valence-corrected chi connectivity index (χ4v) is 2.28. The van der Waals surface area contributed by atoms with Gasteiger partial charge >= 0.3 is 0 Å². The highest BCUT2D eigenvalue weighted by atomic mass is 15.2. The lowest BCUT2D eigenvalue weighted by Crippen LogP contribution is -2.38. The van der Waals surface area contributed by atoms with Crippen molar-refractivity contribution in [3.63, 3.8) is 0 Å². The number of nitrogens with zero attached hydrogens (tertiary/aromatic N) is 3. The summed E-state index contributed by atoms with van der Waals surface area (Å²) >= 11 is 0. The number of anilines is 1. The number of rotatable bonds is 7. The van der Waals surface area contributed by atoms with E-state index in [0.717, 1.165) is 37.0 Å². The molecule has 5 nitrogen and oxygen atoms in total. The molecule has 1 heterocycles. The molecule has 0 saturated heterocycles. The van der Waals surface area contributed by atoms with Gasteiger partial charge in [-0.15, -0.1) is 0 Å². The van der Waals surface area contributed by atoms with Gasteiger partial charge in [0.05, 0.1) is 12.2 Å². The largest absolute Gasteiger partial charge is 0.363 e. The van der Waals surface area contributed by atoms with Gasteiger partial charge in [-0.2, -0.15) is 0 Å². The van der Waals surface area contributed by atoms with Gasteiger partial charge in [-0.1, -0.05) is 36.4 Å². The van der Waals surface area contributed by atoms with Crippen LogP contribution < -0.4 is 15.5 Å². The number of guanidine groups is 1. The van der Waals surface area contributed by atoms with Crippen LogP contribution in [0.1, 0.15) is 18.2 Å². The monoisotopic (exact) mass is 325 g/mol. The minimum Gasteiger partial charge on any atom is -0.363 e. The first-order valence-electron chi connectivity index (χ1n) is 8.38. The van der Waals surface area contributed by atoms with Crippen LogP contribution in [0.25, 0.3) is 0 Å². The first kappa shape index (κ1) is 17.8. The molecule has 0 aliphatic rings. The van der Waals surface area contributed by atoms with Crippen molar-refractivity contribution in [2.24, 2.45) is 4.99 Å². The third-order valence-corrected chi connectivity index (χ3v) is 3.54. The zero-order chi connectivity index (χ0) is 17.2. The number of nitrogens with one attached hydrogen (secondary N) is 2. The van der Waals surface area contributed by atoms with Gasteiger partial charge in [-0.05, 0) is 31.0 Å². The summed E-state index contributed by atoms with van der Waals surface area (Å²) in [4.78, 5) is 11.2. The lowest BCUT2D eigenvalue weighted by atomic mass is 10.1. The molecule has 2 aromatic rings. The van der Waals surface area contributed by atoms with Crippen LogP contribution >= 0.6 is 0 Å². The molecule has 0 spiro atoms. The van der Waals surface area contributed by atoms with Gasteiger partial charge in [-0.25, -0.2) is 9.98 Å². The fourth-order valence-electron chi connectivity index (χ4n) is 2.28. The Morgan fingerprint density at radius 3 is 2.54 bits per heavy atom. The maximum Gasteiger partial charge on any atom is 0.191 e. The van der Waals surface area contributed by atoms with E-state index in [9.17, 15) is 0 Å². The van der Waals surface area contributed by atoms with Gasteiger partial charge in [0.1, 0.15) is 5.82 Å². The van der Waals surface area contributed by atoms with Crippen LogP contribution in [0.2, 0.25) is 0 Å². The topological polar surface area (TPSA) is 52.6 Å². The maximum absolute atomic E-state index is 4.63. The summed E-state index contributed by atoms with van der Waals surface area (Å²) in [5.74, 6) is 1.77. The Kier molecular flexibility index (Phi) is 7.08. The van der Waals surface area contributed by atoms with Crippen molar-refractivity contribution < 1.29 is 0 Å². The van der Waals surface area contributed by atoms with E-state index in [1.165, 1.54) is 5.56 Å². The van der Waals surface area contributed by atoms with Crippen molar-refractivity contribution >= 4 is 11.8 Å². The smallest absolute Gasteiger partial charge is 0.191 e. The molecule has 128 valence electrons. The standard InChI is InChI=1S/C19H27N5/c1-4-20-19(21-14-13-16-9-6-5-7-10-16)22-15-17-11-8-12-18(23-17)24(2)3/h5-12H,4,13-15H2,1-3H3,(H2,20,21,22). The molecular formula is C19H27N5. The Morgan fingerprint density at radius 1 is 1.04 bits per heavy atom. The first-order valence-corrected chi connectivity index (χ1v) is 8.38.